The first-order chi connectivity index (χ1) is 14.2. The summed E-state index contributed by atoms with van der Waals surface area (Å²) in [5.41, 5.74) is 3.18. The number of fused-ring (bicyclic) bond motifs is 1. The van der Waals surface area contributed by atoms with E-state index in [1.165, 1.54) is 5.56 Å². The number of thiazole rings is 1. The number of amides is 1. The van der Waals surface area contributed by atoms with Crippen LogP contribution in [0.3, 0.4) is 0 Å². The summed E-state index contributed by atoms with van der Waals surface area (Å²) >= 11 is 1.58. The number of carbonyl (C=O) groups is 1. The van der Waals surface area contributed by atoms with Crippen LogP contribution in [0.5, 0.6) is 5.75 Å². The van der Waals surface area contributed by atoms with E-state index in [0.29, 0.717) is 13.0 Å². The van der Waals surface area contributed by atoms with E-state index < -0.39 is 0 Å². The van der Waals surface area contributed by atoms with Crippen molar-refractivity contribution in [3.63, 3.8) is 0 Å². The van der Waals surface area contributed by atoms with Crippen LogP contribution in [0, 0.1) is 0 Å². The standard InChI is InChI=1S/C23H26N2O3S/c1-3-16-8-11-20-21(13-16)29-23(24-20)25(15-19-5-4-12-28-19)22(26)14-17-6-9-18(27-2)10-7-17/h6-11,13,19H,3-5,12,14-15H2,1-2H3/t19-/m0/s1. The molecule has 2 aromatic carbocycles. The monoisotopic (exact) mass is 410 g/mol. The molecule has 5 nitrogen and oxygen atoms in total. The minimum Gasteiger partial charge on any atom is -0.497 e. The minimum absolute atomic E-state index is 0.0421. The fourth-order valence-electron chi connectivity index (χ4n) is 3.58. The molecule has 0 N–H and O–H groups in total. The third-order valence-electron chi connectivity index (χ3n) is 5.31. The number of aromatic nitrogens is 1. The lowest BCUT2D eigenvalue weighted by Crippen LogP contribution is -2.38. The maximum absolute atomic E-state index is 13.3. The Hall–Kier alpha value is -2.44. The molecule has 1 aliphatic heterocycles. The van der Waals surface area contributed by atoms with E-state index in [9.17, 15) is 4.79 Å². The van der Waals surface area contributed by atoms with E-state index in [-0.39, 0.29) is 12.0 Å². The highest BCUT2D eigenvalue weighted by molar-refractivity contribution is 7.22. The molecule has 2 heterocycles. The molecule has 29 heavy (non-hydrogen) atoms. The molecular weight excluding hydrogens is 384 g/mol. The van der Waals surface area contributed by atoms with Crippen LogP contribution in [0.4, 0.5) is 5.13 Å². The molecule has 1 aromatic heterocycles. The summed E-state index contributed by atoms with van der Waals surface area (Å²) in [6, 6.07) is 14.0. The molecule has 1 amide bonds. The van der Waals surface area contributed by atoms with E-state index in [1.54, 1.807) is 18.4 Å². The Kier molecular flexibility index (Phi) is 6.11. The highest BCUT2D eigenvalue weighted by Gasteiger charge is 2.26. The van der Waals surface area contributed by atoms with Crippen LogP contribution in [-0.2, 0) is 22.4 Å². The van der Waals surface area contributed by atoms with Gasteiger partial charge in [-0.1, -0.05) is 36.5 Å². The number of hydrogen-bond acceptors (Lipinski definition) is 5. The second-order valence-electron chi connectivity index (χ2n) is 7.32. The minimum atomic E-state index is 0.0421. The molecule has 0 unspecified atom stereocenters. The van der Waals surface area contributed by atoms with E-state index in [0.717, 1.165) is 52.5 Å². The predicted octanol–water partition coefficient (Wildman–Crippen LogP) is 4.62. The third-order valence-corrected chi connectivity index (χ3v) is 6.35. The van der Waals surface area contributed by atoms with Crippen molar-refractivity contribution in [3.8, 4) is 5.75 Å². The number of methoxy groups -OCH3 is 1. The van der Waals surface area contributed by atoms with Gasteiger partial charge in [0.2, 0.25) is 5.91 Å². The smallest absolute Gasteiger partial charge is 0.233 e. The van der Waals surface area contributed by atoms with Crippen LogP contribution in [0.2, 0.25) is 0 Å². The third kappa shape index (κ3) is 4.60. The van der Waals surface area contributed by atoms with Crippen molar-refractivity contribution in [1.29, 1.82) is 0 Å². The molecule has 0 saturated carbocycles. The van der Waals surface area contributed by atoms with Gasteiger partial charge in [-0.25, -0.2) is 4.98 Å². The Balaban J connectivity index is 1.60. The first-order valence-corrected chi connectivity index (χ1v) is 10.9. The largest absolute Gasteiger partial charge is 0.497 e. The summed E-state index contributed by atoms with van der Waals surface area (Å²) < 4.78 is 12.1. The second-order valence-corrected chi connectivity index (χ2v) is 8.33. The zero-order chi connectivity index (χ0) is 20.2. The van der Waals surface area contributed by atoms with Crippen molar-refractivity contribution in [3.05, 3.63) is 53.6 Å². The second kappa shape index (κ2) is 8.93. The van der Waals surface area contributed by atoms with Gasteiger partial charge in [-0.05, 0) is 54.7 Å². The van der Waals surface area contributed by atoms with Gasteiger partial charge >= 0.3 is 0 Å². The van der Waals surface area contributed by atoms with Crippen molar-refractivity contribution < 1.29 is 14.3 Å². The van der Waals surface area contributed by atoms with Crippen LogP contribution in [0.25, 0.3) is 10.2 Å². The number of hydrogen-bond donors (Lipinski definition) is 0. The predicted molar refractivity (Wildman–Crippen MR) is 117 cm³/mol. The van der Waals surface area contributed by atoms with Gasteiger partial charge in [-0.2, -0.15) is 0 Å². The van der Waals surface area contributed by atoms with Gasteiger partial charge in [-0.15, -0.1) is 0 Å². The van der Waals surface area contributed by atoms with Crippen LogP contribution < -0.4 is 9.64 Å². The number of ether oxygens (including phenoxy) is 2. The van der Waals surface area contributed by atoms with E-state index in [4.69, 9.17) is 14.5 Å². The molecule has 3 aromatic rings. The molecule has 1 fully saturated rings. The topological polar surface area (TPSA) is 51.7 Å². The Labute approximate surface area is 175 Å². The van der Waals surface area contributed by atoms with Crippen LogP contribution in [-0.4, -0.2) is 37.3 Å². The van der Waals surface area contributed by atoms with Crippen molar-refractivity contribution in [1.82, 2.24) is 4.98 Å². The van der Waals surface area contributed by atoms with Crippen molar-refractivity contribution >= 4 is 32.6 Å². The van der Waals surface area contributed by atoms with E-state index in [1.807, 2.05) is 35.2 Å². The summed E-state index contributed by atoms with van der Waals surface area (Å²) in [7, 11) is 1.64. The fourth-order valence-corrected chi connectivity index (χ4v) is 4.64. The summed E-state index contributed by atoms with van der Waals surface area (Å²) in [6.07, 6.45) is 3.42. The van der Waals surface area contributed by atoms with Gasteiger partial charge < -0.3 is 9.47 Å². The normalized spacial score (nSPS) is 16.3. The van der Waals surface area contributed by atoms with Gasteiger partial charge in [0, 0.05) is 6.61 Å². The Bertz CT molecular complexity index is 977. The maximum Gasteiger partial charge on any atom is 0.233 e. The summed E-state index contributed by atoms with van der Waals surface area (Å²) in [4.78, 5) is 19.8. The summed E-state index contributed by atoms with van der Waals surface area (Å²) in [6.45, 7) is 3.46. The summed E-state index contributed by atoms with van der Waals surface area (Å²) in [5.74, 6) is 0.829. The van der Waals surface area contributed by atoms with Gasteiger partial charge in [0.05, 0.1) is 36.4 Å². The van der Waals surface area contributed by atoms with Crippen LogP contribution >= 0.6 is 11.3 Å². The first kappa shape index (κ1) is 19.9. The molecule has 1 aliphatic rings. The van der Waals surface area contributed by atoms with Crippen molar-refractivity contribution in [2.75, 3.05) is 25.2 Å². The highest BCUT2D eigenvalue weighted by Crippen LogP contribution is 2.31. The fraction of sp³-hybridized carbons (Fsp3) is 0.391. The number of rotatable bonds is 7. The zero-order valence-electron chi connectivity index (χ0n) is 16.9. The number of nitrogens with zero attached hydrogens (tertiary/aromatic N) is 2. The lowest BCUT2D eigenvalue weighted by atomic mass is 10.1. The van der Waals surface area contributed by atoms with E-state index in [2.05, 4.69) is 19.1 Å². The molecule has 152 valence electrons. The van der Waals surface area contributed by atoms with E-state index >= 15 is 0 Å². The molecule has 6 heteroatoms. The molecule has 4 rings (SSSR count). The van der Waals surface area contributed by atoms with Gasteiger partial charge in [0.15, 0.2) is 5.13 Å². The number of aryl methyl sites for hydroxylation is 1. The zero-order valence-corrected chi connectivity index (χ0v) is 17.7. The molecule has 1 atom stereocenters. The Morgan fingerprint density at radius 2 is 2.03 bits per heavy atom. The molecule has 0 spiro atoms. The van der Waals surface area contributed by atoms with Gasteiger partial charge in [0.1, 0.15) is 5.75 Å². The molecule has 0 bridgehead atoms. The quantitative estimate of drug-likeness (QED) is 0.570. The Morgan fingerprint density at radius 3 is 2.72 bits per heavy atom. The highest BCUT2D eigenvalue weighted by atomic mass is 32.1. The lowest BCUT2D eigenvalue weighted by Gasteiger charge is -2.23. The molecule has 1 saturated heterocycles. The average molecular weight is 411 g/mol. The number of carbonyl (C=O) groups excluding carboxylic acids is 1. The SMILES string of the molecule is CCc1ccc2nc(N(C[C@@H]3CCCO3)C(=O)Cc3ccc(OC)cc3)sc2c1. The van der Waals surface area contributed by atoms with Gasteiger partial charge in [0.25, 0.3) is 0 Å². The maximum atomic E-state index is 13.3. The average Bonchev–Trinajstić information content (AvgIpc) is 3.41. The first-order valence-electron chi connectivity index (χ1n) is 10.1. The molecular formula is C23H26N2O3S. The molecule has 0 radical (unpaired) electrons. The number of anilines is 1. The van der Waals surface area contributed by atoms with Crippen LogP contribution in [0.1, 0.15) is 30.9 Å². The van der Waals surface area contributed by atoms with Gasteiger partial charge in [-0.3, -0.25) is 9.69 Å². The van der Waals surface area contributed by atoms with Crippen LogP contribution in [0.15, 0.2) is 42.5 Å². The van der Waals surface area contributed by atoms with Crippen molar-refractivity contribution in [2.45, 2.75) is 38.7 Å². The number of benzene rings is 2. The lowest BCUT2D eigenvalue weighted by molar-refractivity contribution is -0.118. The molecule has 0 aliphatic carbocycles. The summed E-state index contributed by atoms with van der Waals surface area (Å²) in [5, 5.41) is 0.752. The Morgan fingerprint density at radius 1 is 1.24 bits per heavy atom. The van der Waals surface area contributed by atoms with Crippen molar-refractivity contribution in [2.24, 2.45) is 0 Å².